The van der Waals surface area contributed by atoms with Gasteiger partial charge in [0.15, 0.2) is 0 Å². The molecular formula is C16H13FN4O. The Balaban J connectivity index is 1.67. The van der Waals surface area contributed by atoms with Crippen molar-refractivity contribution in [2.75, 3.05) is 0 Å². The molecule has 1 amide bonds. The van der Waals surface area contributed by atoms with Crippen molar-refractivity contribution in [2.24, 2.45) is 0 Å². The fourth-order valence-corrected chi connectivity index (χ4v) is 1.98. The summed E-state index contributed by atoms with van der Waals surface area (Å²) in [5, 5.41) is 6.79. The third kappa shape index (κ3) is 3.17. The zero-order valence-corrected chi connectivity index (χ0v) is 11.6. The van der Waals surface area contributed by atoms with Gasteiger partial charge >= 0.3 is 0 Å². The van der Waals surface area contributed by atoms with Gasteiger partial charge in [0, 0.05) is 6.54 Å². The molecule has 0 fully saturated rings. The van der Waals surface area contributed by atoms with Crippen LogP contribution in [0.15, 0.2) is 60.9 Å². The van der Waals surface area contributed by atoms with Gasteiger partial charge in [-0.15, -0.1) is 5.10 Å². The minimum atomic E-state index is -0.404. The van der Waals surface area contributed by atoms with Gasteiger partial charge in [-0.05, 0) is 29.8 Å². The maximum atomic E-state index is 13.1. The van der Waals surface area contributed by atoms with Gasteiger partial charge < -0.3 is 5.32 Å². The van der Waals surface area contributed by atoms with Gasteiger partial charge in [-0.25, -0.2) is 14.1 Å². The Hall–Kier alpha value is -3.02. The largest absolute Gasteiger partial charge is 0.345 e. The zero-order chi connectivity index (χ0) is 15.4. The van der Waals surface area contributed by atoms with Crippen LogP contribution in [0, 0.1) is 5.82 Å². The molecule has 5 nitrogen and oxygen atoms in total. The zero-order valence-electron chi connectivity index (χ0n) is 11.6. The molecule has 3 aromatic rings. The first-order valence-corrected chi connectivity index (χ1v) is 6.72. The van der Waals surface area contributed by atoms with Gasteiger partial charge in [0.1, 0.15) is 12.1 Å². The summed E-state index contributed by atoms with van der Waals surface area (Å²) in [5.41, 5.74) is 1.50. The molecule has 2 aromatic carbocycles. The Morgan fingerprint density at radius 1 is 1.14 bits per heavy atom. The third-order valence-electron chi connectivity index (χ3n) is 3.06. The number of amides is 1. The fourth-order valence-electron chi connectivity index (χ4n) is 1.98. The van der Waals surface area contributed by atoms with E-state index in [9.17, 15) is 9.18 Å². The van der Waals surface area contributed by atoms with E-state index in [4.69, 9.17) is 0 Å². The highest BCUT2D eigenvalue weighted by Gasteiger charge is 2.11. The summed E-state index contributed by atoms with van der Waals surface area (Å²) in [6, 6.07) is 15.4. The molecule has 6 heteroatoms. The minimum absolute atomic E-state index is 0.0697. The van der Waals surface area contributed by atoms with Crippen molar-refractivity contribution in [1.29, 1.82) is 0 Å². The molecule has 1 N–H and O–H groups in total. The standard InChI is InChI=1S/C16H13FN4O/c17-13-6-4-5-12(9-13)10-18-16(22)15-19-11-21(20-15)14-7-2-1-3-8-14/h1-9,11H,10H2,(H,18,22). The van der Waals surface area contributed by atoms with Crippen LogP contribution in [0.2, 0.25) is 0 Å². The van der Waals surface area contributed by atoms with E-state index in [1.54, 1.807) is 12.1 Å². The van der Waals surface area contributed by atoms with Crippen molar-refractivity contribution in [3.63, 3.8) is 0 Å². The number of nitrogens with one attached hydrogen (secondary N) is 1. The van der Waals surface area contributed by atoms with Gasteiger partial charge in [0.05, 0.1) is 5.69 Å². The van der Waals surface area contributed by atoms with Crippen LogP contribution in [-0.2, 0) is 6.54 Å². The highest BCUT2D eigenvalue weighted by molar-refractivity contribution is 5.90. The van der Waals surface area contributed by atoms with Crippen molar-refractivity contribution in [3.05, 3.63) is 78.1 Å². The molecule has 0 atom stereocenters. The Labute approximate surface area is 126 Å². The number of hydrogen-bond acceptors (Lipinski definition) is 3. The van der Waals surface area contributed by atoms with Crippen LogP contribution in [0.1, 0.15) is 16.2 Å². The van der Waals surface area contributed by atoms with E-state index in [0.717, 1.165) is 5.69 Å². The Morgan fingerprint density at radius 2 is 1.95 bits per heavy atom. The van der Waals surface area contributed by atoms with Crippen LogP contribution in [0.25, 0.3) is 5.69 Å². The molecule has 0 bridgehead atoms. The van der Waals surface area contributed by atoms with Crippen molar-refractivity contribution in [1.82, 2.24) is 20.1 Å². The maximum absolute atomic E-state index is 13.1. The molecule has 1 heterocycles. The molecule has 0 unspecified atom stereocenters. The number of hydrogen-bond donors (Lipinski definition) is 1. The number of halogens is 1. The molecule has 0 radical (unpaired) electrons. The molecule has 0 spiro atoms. The second-order valence-electron chi connectivity index (χ2n) is 4.66. The van der Waals surface area contributed by atoms with E-state index in [-0.39, 0.29) is 18.2 Å². The summed E-state index contributed by atoms with van der Waals surface area (Å²) >= 11 is 0. The molecule has 3 rings (SSSR count). The van der Waals surface area contributed by atoms with E-state index in [1.807, 2.05) is 30.3 Å². The lowest BCUT2D eigenvalue weighted by molar-refractivity contribution is 0.0940. The number of carbonyl (C=O) groups is 1. The van der Waals surface area contributed by atoms with Crippen molar-refractivity contribution in [2.45, 2.75) is 6.54 Å². The first kappa shape index (κ1) is 13.9. The number of aromatic nitrogens is 3. The van der Waals surface area contributed by atoms with Crippen LogP contribution in [-0.4, -0.2) is 20.7 Å². The molecule has 0 aliphatic rings. The van der Waals surface area contributed by atoms with Crippen LogP contribution in [0.5, 0.6) is 0 Å². The summed E-state index contributed by atoms with van der Waals surface area (Å²) in [6.45, 7) is 0.219. The molecule has 1 aromatic heterocycles. The smallest absolute Gasteiger partial charge is 0.291 e. The quantitative estimate of drug-likeness (QED) is 0.804. The lowest BCUT2D eigenvalue weighted by atomic mass is 10.2. The van der Waals surface area contributed by atoms with Crippen LogP contribution >= 0.6 is 0 Å². The van der Waals surface area contributed by atoms with Crippen LogP contribution in [0.4, 0.5) is 4.39 Å². The number of rotatable bonds is 4. The maximum Gasteiger partial charge on any atom is 0.291 e. The van der Waals surface area contributed by atoms with E-state index in [2.05, 4.69) is 15.4 Å². The number of para-hydroxylation sites is 1. The van der Waals surface area contributed by atoms with Gasteiger partial charge in [-0.2, -0.15) is 0 Å². The highest BCUT2D eigenvalue weighted by atomic mass is 19.1. The van der Waals surface area contributed by atoms with Gasteiger partial charge in [0.25, 0.3) is 5.91 Å². The lowest BCUT2D eigenvalue weighted by Crippen LogP contribution is -2.24. The number of carbonyl (C=O) groups excluding carboxylic acids is 1. The number of benzene rings is 2. The summed E-state index contributed by atoms with van der Waals surface area (Å²) in [5.74, 6) is -0.669. The van der Waals surface area contributed by atoms with Gasteiger partial charge in [-0.3, -0.25) is 4.79 Å². The predicted octanol–water partition coefficient (Wildman–Crippen LogP) is 2.34. The van der Waals surface area contributed by atoms with Crippen molar-refractivity contribution < 1.29 is 9.18 Å². The Kier molecular flexibility index (Phi) is 3.91. The van der Waals surface area contributed by atoms with E-state index >= 15 is 0 Å². The summed E-state index contributed by atoms with van der Waals surface area (Å²) in [4.78, 5) is 16.0. The summed E-state index contributed by atoms with van der Waals surface area (Å²) < 4.78 is 14.6. The first-order chi connectivity index (χ1) is 10.7. The predicted molar refractivity (Wildman–Crippen MR) is 78.9 cm³/mol. The minimum Gasteiger partial charge on any atom is -0.345 e. The Morgan fingerprint density at radius 3 is 2.73 bits per heavy atom. The summed E-state index contributed by atoms with van der Waals surface area (Å²) in [7, 11) is 0. The van der Waals surface area contributed by atoms with E-state index in [1.165, 1.54) is 23.1 Å². The molecule has 0 saturated heterocycles. The first-order valence-electron chi connectivity index (χ1n) is 6.72. The molecule has 0 saturated carbocycles. The molecule has 22 heavy (non-hydrogen) atoms. The SMILES string of the molecule is O=C(NCc1cccc(F)c1)c1ncn(-c2ccccc2)n1. The Bertz CT molecular complexity index is 786. The fraction of sp³-hybridized carbons (Fsp3) is 0.0625. The molecule has 0 aliphatic carbocycles. The second kappa shape index (κ2) is 6.17. The normalized spacial score (nSPS) is 10.4. The third-order valence-corrected chi connectivity index (χ3v) is 3.06. The van der Waals surface area contributed by atoms with Crippen molar-refractivity contribution >= 4 is 5.91 Å². The average molecular weight is 296 g/mol. The van der Waals surface area contributed by atoms with Crippen LogP contribution in [0.3, 0.4) is 0 Å². The van der Waals surface area contributed by atoms with Gasteiger partial charge in [-0.1, -0.05) is 30.3 Å². The van der Waals surface area contributed by atoms with Crippen molar-refractivity contribution in [3.8, 4) is 5.69 Å². The molecule has 0 aliphatic heterocycles. The second-order valence-corrected chi connectivity index (χ2v) is 4.66. The lowest BCUT2D eigenvalue weighted by Gasteiger charge is -2.03. The van der Waals surface area contributed by atoms with Crippen LogP contribution < -0.4 is 5.32 Å². The monoisotopic (exact) mass is 296 g/mol. The number of nitrogens with zero attached hydrogens (tertiary/aromatic N) is 3. The topological polar surface area (TPSA) is 59.8 Å². The summed E-state index contributed by atoms with van der Waals surface area (Å²) in [6.07, 6.45) is 1.48. The molecule has 110 valence electrons. The van der Waals surface area contributed by atoms with E-state index < -0.39 is 5.91 Å². The van der Waals surface area contributed by atoms with Gasteiger partial charge in [0.2, 0.25) is 5.82 Å². The average Bonchev–Trinajstić information content (AvgIpc) is 3.04. The highest BCUT2D eigenvalue weighted by Crippen LogP contribution is 2.06. The van der Waals surface area contributed by atoms with E-state index in [0.29, 0.717) is 5.56 Å². The molecular weight excluding hydrogens is 283 g/mol.